The van der Waals surface area contributed by atoms with Gasteiger partial charge >= 0.3 is 5.97 Å². The highest BCUT2D eigenvalue weighted by Gasteiger charge is 2.26. The second-order valence-electron chi connectivity index (χ2n) is 5.62. The van der Waals surface area contributed by atoms with Gasteiger partial charge in [-0.05, 0) is 5.56 Å². The number of rotatable bonds is 3. The van der Waals surface area contributed by atoms with Crippen LogP contribution in [0.2, 0.25) is 0 Å². The lowest BCUT2D eigenvalue weighted by atomic mass is 10.1. The summed E-state index contributed by atoms with van der Waals surface area (Å²) >= 11 is 0. The highest BCUT2D eigenvalue weighted by molar-refractivity contribution is 5.86. The van der Waals surface area contributed by atoms with Crippen LogP contribution in [0.5, 0.6) is 0 Å². The highest BCUT2D eigenvalue weighted by Crippen LogP contribution is 2.28. The van der Waals surface area contributed by atoms with Crippen LogP contribution in [-0.4, -0.2) is 45.2 Å². The summed E-state index contributed by atoms with van der Waals surface area (Å²) < 4.78 is 7.20. The molecule has 1 atom stereocenters. The molecule has 7 heteroatoms. The van der Waals surface area contributed by atoms with Crippen LogP contribution in [0.3, 0.4) is 0 Å². The van der Waals surface area contributed by atoms with Gasteiger partial charge in [-0.3, -0.25) is 4.40 Å². The number of carbonyl (C=O) groups is 1. The predicted molar refractivity (Wildman–Crippen MR) is 87.3 cm³/mol. The topological polar surface area (TPSA) is 80.0 Å². The molecule has 3 heterocycles. The summed E-state index contributed by atoms with van der Waals surface area (Å²) in [5.74, 6) is -0.304. The van der Waals surface area contributed by atoms with Crippen LogP contribution in [0, 0.1) is 0 Å². The first-order valence-electron chi connectivity index (χ1n) is 7.70. The normalized spacial score (nSPS) is 18.0. The van der Waals surface area contributed by atoms with Crippen molar-refractivity contribution in [3.05, 3.63) is 60.2 Å². The van der Waals surface area contributed by atoms with E-state index in [9.17, 15) is 9.90 Å². The van der Waals surface area contributed by atoms with E-state index >= 15 is 0 Å². The zero-order chi connectivity index (χ0) is 16.5. The Kier molecular flexibility index (Phi) is 3.62. The number of ether oxygens (including phenoxy) is 1. The summed E-state index contributed by atoms with van der Waals surface area (Å²) in [4.78, 5) is 22.0. The molecule has 4 rings (SSSR count). The molecular weight excluding hydrogens is 308 g/mol. The smallest absolute Gasteiger partial charge is 0.354 e. The summed E-state index contributed by atoms with van der Waals surface area (Å²) in [7, 11) is 0. The molecule has 0 bridgehead atoms. The number of nitrogens with zero attached hydrogens (tertiary/aromatic N) is 4. The minimum Gasteiger partial charge on any atom is -0.477 e. The molecule has 24 heavy (non-hydrogen) atoms. The number of morpholine rings is 1. The molecule has 0 saturated carbocycles. The number of imidazole rings is 1. The second-order valence-corrected chi connectivity index (χ2v) is 5.62. The van der Waals surface area contributed by atoms with E-state index in [-0.39, 0.29) is 11.7 Å². The number of fused-ring (bicyclic) bond motifs is 1. The maximum Gasteiger partial charge on any atom is 0.354 e. The van der Waals surface area contributed by atoms with Crippen molar-refractivity contribution in [2.75, 3.05) is 24.7 Å². The standard InChI is InChI=1S/C17H16N4O3/c22-17(23)13-8-18-15-9-19-16(10-21(13)15)20-6-7-24-11-14(20)12-4-2-1-3-5-12/h1-5,8-10,14H,6-7,11H2,(H,22,23). The Balaban J connectivity index is 1.76. The van der Waals surface area contributed by atoms with Gasteiger partial charge in [-0.1, -0.05) is 30.3 Å². The lowest BCUT2D eigenvalue weighted by Crippen LogP contribution is -2.40. The van der Waals surface area contributed by atoms with Gasteiger partial charge in [-0.25, -0.2) is 14.8 Å². The fraction of sp³-hybridized carbons (Fsp3) is 0.235. The molecule has 0 radical (unpaired) electrons. The Morgan fingerprint density at radius 1 is 1.21 bits per heavy atom. The fourth-order valence-corrected chi connectivity index (χ4v) is 3.01. The first-order valence-corrected chi connectivity index (χ1v) is 7.70. The summed E-state index contributed by atoms with van der Waals surface area (Å²) in [5, 5.41) is 9.29. The Hall–Kier alpha value is -2.93. The van der Waals surface area contributed by atoms with Crippen molar-refractivity contribution in [1.82, 2.24) is 14.4 Å². The Morgan fingerprint density at radius 3 is 2.83 bits per heavy atom. The molecular formula is C17H16N4O3. The SMILES string of the molecule is O=C(O)c1cnc2cnc(N3CCOCC3c3ccccc3)cn12. The lowest BCUT2D eigenvalue weighted by Gasteiger charge is -2.36. The Labute approximate surface area is 138 Å². The lowest BCUT2D eigenvalue weighted by molar-refractivity contribution is 0.0689. The monoisotopic (exact) mass is 324 g/mol. The molecule has 1 aliphatic heterocycles. The third kappa shape index (κ3) is 2.48. The molecule has 0 aliphatic carbocycles. The number of anilines is 1. The summed E-state index contributed by atoms with van der Waals surface area (Å²) in [6, 6.07) is 10.1. The van der Waals surface area contributed by atoms with Crippen molar-refractivity contribution >= 4 is 17.4 Å². The maximum absolute atomic E-state index is 11.3. The van der Waals surface area contributed by atoms with E-state index in [0.717, 1.165) is 5.56 Å². The van der Waals surface area contributed by atoms with Crippen LogP contribution in [0.15, 0.2) is 48.9 Å². The van der Waals surface area contributed by atoms with Gasteiger partial charge in [0, 0.05) is 6.54 Å². The van der Waals surface area contributed by atoms with E-state index in [0.29, 0.717) is 31.2 Å². The third-order valence-electron chi connectivity index (χ3n) is 4.21. The minimum absolute atomic E-state index is 0.0432. The van der Waals surface area contributed by atoms with Crippen LogP contribution in [-0.2, 0) is 4.74 Å². The number of carboxylic acid groups (broad SMARTS) is 1. The number of aromatic carboxylic acids is 1. The van der Waals surface area contributed by atoms with Gasteiger partial charge in [0.1, 0.15) is 5.82 Å². The van der Waals surface area contributed by atoms with Crippen molar-refractivity contribution in [3.8, 4) is 0 Å². The van der Waals surface area contributed by atoms with Crippen LogP contribution >= 0.6 is 0 Å². The molecule has 1 fully saturated rings. The number of hydrogen-bond acceptors (Lipinski definition) is 5. The van der Waals surface area contributed by atoms with Gasteiger partial charge in [0.25, 0.3) is 0 Å². The van der Waals surface area contributed by atoms with E-state index < -0.39 is 5.97 Å². The average molecular weight is 324 g/mol. The molecule has 1 aromatic carbocycles. The zero-order valence-corrected chi connectivity index (χ0v) is 12.9. The van der Waals surface area contributed by atoms with Gasteiger partial charge < -0.3 is 14.7 Å². The molecule has 7 nitrogen and oxygen atoms in total. The van der Waals surface area contributed by atoms with Crippen LogP contribution < -0.4 is 4.90 Å². The molecule has 0 amide bonds. The second kappa shape index (κ2) is 5.93. The summed E-state index contributed by atoms with van der Waals surface area (Å²) in [5.41, 5.74) is 1.78. The fourth-order valence-electron chi connectivity index (χ4n) is 3.01. The molecule has 1 unspecified atom stereocenters. The van der Waals surface area contributed by atoms with Crippen LogP contribution in [0.4, 0.5) is 5.82 Å². The van der Waals surface area contributed by atoms with Crippen molar-refractivity contribution in [2.45, 2.75) is 6.04 Å². The highest BCUT2D eigenvalue weighted by atomic mass is 16.5. The van der Waals surface area contributed by atoms with E-state index in [4.69, 9.17) is 4.74 Å². The van der Waals surface area contributed by atoms with Gasteiger partial charge in [-0.15, -0.1) is 0 Å². The minimum atomic E-state index is -1.01. The Bertz CT molecular complexity index is 878. The third-order valence-corrected chi connectivity index (χ3v) is 4.21. The number of aromatic nitrogens is 3. The first-order chi connectivity index (χ1) is 11.7. The van der Waals surface area contributed by atoms with E-state index in [1.54, 1.807) is 16.8 Å². The Morgan fingerprint density at radius 2 is 2.04 bits per heavy atom. The zero-order valence-electron chi connectivity index (χ0n) is 12.9. The van der Waals surface area contributed by atoms with Gasteiger partial charge in [0.2, 0.25) is 0 Å². The van der Waals surface area contributed by atoms with Crippen molar-refractivity contribution in [2.24, 2.45) is 0 Å². The number of carboxylic acids is 1. The number of hydrogen-bond donors (Lipinski definition) is 1. The molecule has 3 aromatic rings. The molecule has 1 saturated heterocycles. The predicted octanol–water partition coefficient (Wildman–Crippen LogP) is 2.01. The van der Waals surface area contributed by atoms with Crippen LogP contribution in [0.25, 0.3) is 5.65 Å². The molecule has 122 valence electrons. The van der Waals surface area contributed by atoms with E-state index in [2.05, 4.69) is 27.0 Å². The quantitative estimate of drug-likeness (QED) is 0.794. The van der Waals surface area contributed by atoms with Crippen molar-refractivity contribution in [1.29, 1.82) is 0 Å². The summed E-state index contributed by atoms with van der Waals surface area (Å²) in [6.45, 7) is 1.87. The van der Waals surface area contributed by atoms with Gasteiger partial charge in [0.15, 0.2) is 11.3 Å². The number of benzene rings is 1. The molecule has 2 aromatic heterocycles. The molecule has 1 aliphatic rings. The van der Waals surface area contributed by atoms with Crippen LogP contribution in [0.1, 0.15) is 22.1 Å². The van der Waals surface area contributed by atoms with Crippen molar-refractivity contribution < 1.29 is 14.6 Å². The van der Waals surface area contributed by atoms with E-state index in [1.807, 2.05) is 18.2 Å². The average Bonchev–Trinajstić information content (AvgIpc) is 3.06. The molecule has 1 N–H and O–H groups in total. The van der Waals surface area contributed by atoms with Crippen molar-refractivity contribution in [3.63, 3.8) is 0 Å². The largest absolute Gasteiger partial charge is 0.477 e. The molecule has 0 spiro atoms. The van der Waals surface area contributed by atoms with Gasteiger partial charge in [-0.2, -0.15) is 0 Å². The van der Waals surface area contributed by atoms with Gasteiger partial charge in [0.05, 0.1) is 37.8 Å². The summed E-state index contributed by atoms with van der Waals surface area (Å²) in [6.07, 6.45) is 4.67. The maximum atomic E-state index is 11.3. The van der Waals surface area contributed by atoms with E-state index in [1.165, 1.54) is 6.20 Å². The first kappa shape index (κ1) is 14.6.